The fraction of sp³-hybridized carbons (Fsp3) is 0.321. The van der Waals surface area contributed by atoms with Crippen molar-refractivity contribution >= 4 is 34.4 Å². The molecule has 8 nitrogen and oxygen atoms in total. The van der Waals surface area contributed by atoms with Crippen molar-refractivity contribution in [2.24, 2.45) is 0 Å². The Kier molecular flexibility index (Phi) is 7.37. The van der Waals surface area contributed by atoms with Crippen LogP contribution in [-0.4, -0.2) is 37.3 Å². The quantitative estimate of drug-likeness (QED) is 0.283. The lowest BCUT2D eigenvalue weighted by molar-refractivity contribution is 0.250. The highest BCUT2D eigenvalue weighted by Crippen LogP contribution is 2.43. The predicted molar refractivity (Wildman–Crippen MR) is 147 cm³/mol. The number of nitriles is 1. The van der Waals surface area contributed by atoms with E-state index in [-0.39, 0.29) is 12.1 Å². The van der Waals surface area contributed by atoms with Crippen molar-refractivity contribution in [3.8, 4) is 17.3 Å². The summed E-state index contributed by atoms with van der Waals surface area (Å²) in [5.74, 6) is 1.64. The molecule has 2 N–H and O–H groups in total. The highest BCUT2D eigenvalue weighted by atomic mass is 32.2. The van der Waals surface area contributed by atoms with Crippen LogP contribution in [0.15, 0.2) is 60.0 Å². The van der Waals surface area contributed by atoms with Gasteiger partial charge in [-0.1, -0.05) is 18.2 Å². The maximum absolute atomic E-state index is 12.1. The van der Waals surface area contributed by atoms with Gasteiger partial charge in [-0.3, -0.25) is 0 Å². The molecule has 2 heterocycles. The Morgan fingerprint density at radius 3 is 2.57 bits per heavy atom. The standard InChI is InChI=1S/C28H29N7OS/c1-18(2)33-28(36)34-20-8-6-19(7-9-20)27-24(15-29)23-11-10-22(14-25(23)35(27)21-4-3-5-21)37-13-12-26-31-16-30-17-32-26/h6-11,14,16-18,21H,3-5,12-13H2,1-2H3,(H2,33,34,36). The minimum atomic E-state index is -0.232. The summed E-state index contributed by atoms with van der Waals surface area (Å²) >= 11 is 1.76. The van der Waals surface area contributed by atoms with Crippen LogP contribution in [0.5, 0.6) is 0 Å². The Hall–Kier alpha value is -3.90. The summed E-state index contributed by atoms with van der Waals surface area (Å²) in [5.41, 5.74) is 4.43. The molecule has 0 radical (unpaired) electrons. The van der Waals surface area contributed by atoms with E-state index in [1.807, 2.05) is 38.1 Å². The summed E-state index contributed by atoms with van der Waals surface area (Å²) in [6.07, 6.45) is 7.22. The number of benzene rings is 2. The molecule has 0 saturated heterocycles. The van der Waals surface area contributed by atoms with Crippen LogP contribution in [0.3, 0.4) is 0 Å². The molecule has 1 saturated carbocycles. The van der Waals surface area contributed by atoms with Crippen molar-refractivity contribution in [2.75, 3.05) is 11.1 Å². The van der Waals surface area contributed by atoms with Crippen molar-refractivity contribution in [2.45, 2.75) is 56.5 Å². The molecule has 0 aliphatic heterocycles. The Labute approximate surface area is 220 Å². The first-order chi connectivity index (χ1) is 18.0. The number of fused-ring (bicyclic) bond motifs is 1. The second-order valence-electron chi connectivity index (χ2n) is 9.45. The van der Waals surface area contributed by atoms with Gasteiger partial charge < -0.3 is 15.2 Å². The number of thioether (sulfide) groups is 1. The van der Waals surface area contributed by atoms with Gasteiger partial charge in [0.2, 0.25) is 0 Å². The van der Waals surface area contributed by atoms with Crippen molar-refractivity contribution < 1.29 is 4.79 Å². The number of amides is 2. The summed E-state index contributed by atoms with van der Waals surface area (Å²) in [6, 6.07) is 16.8. The lowest BCUT2D eigenvalue weighted by atomic mass is 9.92. The minimum Gasteiger partial charge on any atom is -0.336 e. The van der Waals surface area contributed by atoms with Crippen molar-refractivity contribution in [1.29, 1.82) is 5.26 Å². The van der Waals surface area contributed by atoms with Crippen LogP contribution in [0.1, 0.15) is 50.5 Å². The smallest absolute Gasteiger partial charge is 0.319 e. The number of rotatable bonds is 8. The van der Waals surface area contributed by atoms with E-state index in [0.29, 0.717) is 17.3 Å². The number of anilines is 1. The van der Waals surface area contributed by atoms with E-state index in [2.05, 4.69) is 54.4 Å². The van der Waals surface area contributed by atoms with Gasteiger partial charge in [-0.05, 0) is 62.9 Å². The fourth-order valence-electron chi connectivity index (χ4n) is 4.59. The minimum absolute atomic E-state index is 0.0580. The van der Waals surface area contributed by atoms with Crippen molar-refractivity contribution in [3.63, 3.8) is 0 Å². The van der Waals surface area contributed by atoms with Crippen LogP contribution in [0.25, 0.3) is 22.2 Å². The third-order valence-corrected chi connectivity index (χ3v) is 7.50. The lowest BCUT2D eigenvalue weighted by Gasteiger charge is -2.30. The molecule has 1 aliphatic carbocycles. The van der Waals surface area contributed by atoms with E-state index in [0.717, 1.165) is 57.9 Å². The van der Waals surface area contributed by atoms with Crippen LogP contribution in [0, 0.1) is 11.3 Å². The normalized spacial score (nSPS) is 13.4. The molecule has 9 heteroatoms. The largest absolute Gasteiger partial charge is 0.336 e. The first-order valence-electron chi connectivity index (χ1n) is 12.5. The van der Waals surface area contributed by atoms with Gasteiger partial charge in [-0.15, -0.1) is 11.8 Å². The molecule has 2 aromatic carbocycles. The number of carbonyl (C=O) groups excluding carboxylic acids is 1. The molecule has 188 valence electrons. The topological polar surface area (TPSA) is 109 Å². The zero-order valence-corrected chi connectivity index (χ0v) is 21.8. The first kappa shape index (κ1) is 24.8. The summed E-state index contributed by atoms with van der Waals surface area (Å²) in [4.78, 5) is 25.5. The zero-order valence-electron chi connectivity index (χ0n) is 20.9. The molecule has 1 aliphatic rings. The van der Waals surface area contributed by atoms with Gasteiger partial charge in [0.05, 0.1) is 16.8 Å². The molecular weight excluding hydrogens is 482 g/mol. The average Bonchev–Trinajstić information content (AvgIpc) is 3.17. The van der Waals surface area contributed by atoms with Crippen molar-refractivity contribution in [1.82, 2.24) is 24.8 Å². The Bertz CT molecular complexity index is 1440. The molecule has 0 spiro atoms. The average molecular weight is 512 g/mol. The molecule has 2 amide bonds. The third-order valence-electron chi connectivity index (χ3n) is 6.50. The number of aryl methyl sites for hydroxylation is 1. The maximum Gasteiger partial charge on any atom is 0.319 e. The number of carbonyl (C=O) groups is 1. The lowest BCUT2D eigenvalue weighted by Crippen LogP contribution is -2.34. The zero-order chi connectivity index (χ0) is 25.8. The van der Waals surface area contributed by atoms with Gasteiger partial charge >= 0.3 is 6.03 Å². The van der Waals surface area contributed by atoms with Gasteiger partial charge in [-0.25, -0.2) is 19.7 Å². The Morgan fingerprint density at radius 2 is 1.92 bits per heavy atom. The van der Waals surface area contributed by atoms with Crippen LogP contribution >= 0.6 is 11.8 Å². The number of aromatic nitrogens is 4. The molecule has 5 rings (SSSR count). The third kappa shape index (κ3) is 5.44. The number of hydrogen-bond donors (Lipinski definition) is 2. The first-order valence-corrected chi connectivity index (χ1v) is 13.5. The van der Waals surface area contributed by atoms with E-state index in [1.165, 1.54) is 19.1 Å². The predicted octanol–water partition coefficient (Wildman–Crippen LogP) is 5.95. The summed E-state index contributed by atoms with van der Waals surface area (Å²) < 4.78 is 2.36. The number of hydrogen-bond acceptors (Lipinski definition) is 6. The number of nitrogens with zero attached hydrogens (tertiary/aromatic N) is 5. The summed E-state index contributed by atoms with van der Waals surface area (Å²) in [7, 11) is 0. The Balaban J connectivity index is 1.46. The van der Waals surface area contributed by atoms with Crippen LogP contribution in [0.2, 0.25) is 0 Å². The maximum atomic E-state index is 12.1. The number of nitrogens with one attached hydrogen (secondary N) is 2. The highest BCUT2D eigenvalue weighted by molar-refractivity contribution is 7.99. The van der Waals surface area contributed by atoms with Crippen LogP contribution in [-0.2, 0) is 6.42 Å². The van der Waals surface area contributed by atoms with Crippen molar-refractivity contribution in [3.05, 3.63) is 66.5 Å². The summed E-state index contributed by atoms with van der Waals surface area (Å²) in [6.45, 7) is 3.84. The van der Waals surface area contributed by atoms with E-state index < -0.39 is 0 Å². The molecule has 0 unspecified atom stereocenters. The van der Waals surface area contributed by atoms with E-state index in [1.54, 1.807) is 11.8 Å². The second-order valence-corrected chi connectivity index (χ2v) is 10.6. The van der Waals surface area contributed by atoms with E-state index in [4.69, 9.17) is 0 Å². The fourth-order valence-corrected chi connectivity index (χ4v) is 5.47. The SMILES string of the molecule is CC(C)NC(=O)Nc1ccc(-c2c(C#N)c3ccc(SCCc4ncncn4)cc3n2C2CCC2)cc1. The number of urea groups is 1. The van der Waals surface area contributed by atoms with Gasteiger partial charge in [0, 0.05) is 40.2 Å². The van der Waals surface area contributed by atoms with Gasteiger partial charge in [-0.2, -0.15) is 5.26 Å². The van der Waals surface area contributed by atoms with Crippen LogP contribution in [0.4, 0.5) is 10.5 Å². The van der Waals surface area contributed by atoms with Gasteiger partial charge in [0.25, 0.3) is 0 Å². The van der Waals surface area contributed by atoms with Crippen LogP contribution < -0.4 is 10.6 Å². The molecule has 0 atom stereocenters. The molecular formula is C28H29N7OS. The van der Waals surface area contributed by atoms with Gasteiger partial charge in [0.15, 0.2) is 0 Å². The van der Waals surface area contributed by atoms with E-state index in [9.17, 15) is 10.1 Å². The molecule has 2 aromatic heterocycles. The molecule has 1 fully saturated rings. The molecule has 37 heavy (non-hydrogen) atoms. The monoisotopic (exact) mass is 511 g/mol. The second kappa shape index (κ2) is 11.0. The van der Waals surface area contributed by atoms with E-state index >= 15 is 0 Å². The summed E-state index contributed by atoms with van der Waals surface area (Å²) in [5, 5.41) is 16.9. The van der Waals surface area contributed by atoms with Gasteiger partial charge in [0.1, 0.15) is 24.5 Å². The Morgan fingerprint density at radius 1 is 1.16 bits per heavy atom. The molecule has 0 bridgehead atoms. The molecule has 4 aromatic rings. The highest BCUT2D eigenvalue weighted by Gasteiger charge is 2.28.